The van der Waals surface area contributed by atoms with Gasteiger partial charge in [-0.05, 0) is 65.0 Å². The van der Waals surface area contributed by atoms with E-state index in [0.29, 0.717) is 25.8 Å². The van der Waals surface area contributed by atoms with Gasteiger partial charge in [0.05, 0.1) is 41.9 Å². The zero-order valence-electron chi connectivity index (χ0n) is 42.4. The molecule has 5 amide bonds. The number of amides is 5. The van der Waals surface area contributed by atoms with Gasteiger partial charge in [0, 0.05) is 47.5 Å². The highest BCUT2D eigenvalue weighted by Gasteiger charge is 2.44. The van der Waals surface area contributed by atoms with E-state index >= 15 is 0 Å². The van der Waals surface area contributed by atoms with Crippen LogP contribution in [0.4, 0.5) is 4.79 Å². The van der Waals surface area contributed by atoms with Crippen LogP contribution >= 0.6 is 21.6 Å². The van der Waals surface area contributed by atoms with Gasteiger partial charge in [-0.25, -0.2) is 14.6 Å². The third-order valence-electron chi connectivity index (χ3n) is 13.0. The number of benzene rings is 1. The van der Waals surface area contributed by atoms with Crippen molar-refractivity contribution in [3.63, 3.8) is 0 Å². The summed E-state index contributed by atoms with van der Waals surface area (Å²) in [6.45, 7) is 17.7. The summed E-state index contributed by atoms with van der Waals surface area (Å²) in [4.78, 5) is 91.5. The summed E-state index contributed by atoms with van der Waals surface area (Å²) in [5.41, 5.74) is 0.768. The highest BCUT2D eigenvalue weighted by atomic mass is 33.1. The summed E-state index contributed by atoms with van der Waals surface area (Å²) >= 11 is 0. The van der Waals surface area contributed by atoms with Crippen molar-refractivity contribution in [2.45, 2.75) is 147 Å². The molecule has 3 rings (SSSR count). The van der Waals surface area contributed by atoms with Crippen LogP contribution in [0.3, 0.4) is 0 Å². The van der Waals surface area contributed by atoms with Crippen molar-refractivity contribution in [3.8, 4) is 0 Å². The number of carboxylic acids is 1. The lowest BCUT2D eigenvalue weighted by Gasteiger charge is -2.41. The van der Waals surface area contributed by atoms with Gasteiger partial charge in [0.25, 0.3) is 0 Å². The molecule has 2 heterocycles. The van der Waals surface area contributed by atoms with Crippen LogP contribution in [0.15, 0.2) is 59.8 Å². The topological polar surface area (TPSA) is 197 Å². The summed E-state index contributed by atoms with van der Waals surface area (Å²) < 4.78 is 17.7. The van der Waals surface area contributed by atoms with Gasteiger partial charge >= 0.3 is 12.1 Å². The zero-order valence-corrected chi connectivity index (χ0v) is 44.0. The van der Waals surface area contributed by atoms with E-state index < -0.39 is 72.2 Å². The fourth-order valence-corrected chi connectivity index (χ4v) is 11.4. The molecule has 2 aromatic rings. The molecule has 1 aromatic carbocycles. The standard InChI is InChI=1S/C50H78N6O10S2/c1-14-33(8)44(38(64-12)28-41(57)56-26-20-23-37(56)45(65-13)34(9)46(58)52-36(49(61)62)27-35-21-16-15-17-22-35)54(10)48(60)42(31(4)5)53-47(59)43(32(6)7)55(11)50(63)66-29-39(30(2)3)67-68-40-24-18-19-25-51-40/h15-19,21-22,24-25,30-34,36-39,42-45H,14,20,23,26-29H2,1-13H3,(H,52,58)(H,53,59)(H,61,62)/t33-,34+,36-,37+,38+,39-,42-,43-,44-,45+/m0/s1. The van der Waals surface area contributed by atoms with Crippen molar-refractivity contribution in [3.05, 3.63) is 60.3 Å². The van der Waals surface area contributed by atoms with Crippen molar-refractivity contribution in [1.29, 1.82) is 0 Å². The number of ether oxygens (including phenoxy) is 3. The molecule has 3 N–H and O–H groups in total. The Bertz CT molecular complexity index is 1910. The third kappa shape index (κ3) is 16.4. The average molecular weight is 987 g/mol. The Morgan fingerprint density at radius 3 is 2.06 bits per heavy atom. The lowest BCUT2D eigenvalue weighted by atomic mass is 9.89. The Balaban J connectivity index is 1.75. The summed E-state index contributed by atoms with van der Waals surface area (Å²) in [7, 11) is 9.27. The van der Waals surface area contributed by atoms with Gasteiger partial charge in [-0.3, -0.25) is 24.1 Å². The number of nitrogens with one attached hydrogen (secondary N) is 2. The molecule has 0 unspecified atom stereocenters. The van der Waals surface area contributed by atoms with Crippen LogP contribution in [-0.2, 0) is 44.6 Å². The van der Waals surface area contributed by atoms with Crippen LogP contribution in [-0.4, -0.2) is 150 Å². The summed E-state index contributed by atoms with van der Waals surface area (Å²) in [5.74, 6) is -4.16. The van der Waals surface area contributed by atoms with Crippen molar-refractivity contribution in [1.82, 2.24) is 30.3 Å². The highest BCUT2D eigenvalue weighted by Crippen LogP contribution is 2.36. The molecule has 0 bridgehead atoms. The van der Waals surface area contributed by atoms with Crippen molar-refractivity contribution >= 4 is 57.3 Å². The molecule has 10 atom stereocenters. The Morgan fingerprint density at radius 2 is 1.51 bits per heavy atom. The maximum absolute atomic E-state index is 14.6. The number of carbonyl (C=O) groups is 6. The summed E-state index contributed by atoms with van der Waals surface area (Å²) in [5, 5.41) is 16.4. The maximum Gasteiger partial charge on any atom is 0.410 e. The van der Waals surface area contributed by atoms with Gasteiger partial charge in [0.2, 0.25) is 23.6 Å². The van der Waals surface area contributed by atoms with Crippen molar-refractivity contribution < 1.29 is 48.1 Å². The number of aromatic nitrogens is 1. The van der Waals surface area contributed by atoms with Gasteiger partial charge in [0.1, 0.15) is 29.8 Å². The van der Waals surface area contributed by atoms with Crippen LogP contribution in [0.2, 0.25) is 0 Å². The molecular formula is C50H78N6O10S2. The van der Waals surface area contributed by atoms with Gasteiger partial charge in [-0.2, -0.15) is 0 Å². The minimum atomic E-state index is -1.16. The average Bonchev–Trinajstić information content (AvgIpc) is 3.80. The van der Waals surface area contributed by atoms with Crippen LogP contribution in [0, 0.1) is 29.6 Å². The molecule has 380 valence electrons. The zero-order chi connectivity index (χ0) is 50.8. The van der Waals surface area contributed by atoms with Crippen LogP contribution in [0.1, 0.15) is 93.6 Å². The molecule has 18 heteroatoms. The van der Waals surface area contributed by atoms with E-state index in [0.717, 1.165) is 10.6 Å². The molecule has 1 aromatic heterocycles. The predicted octanol–water partition coefficient (Wildman–Crippen LogP) is 6.81. The fourth-order valence-electron chi connectivity index (χ4n) is 8.76. The monoisotopic (exact) mass is 987 g/mol. The van der Waals surface area contributed by atoms with Crippen LogP contribution in [0.5, 0.6) is 0 Å². The first-order chi connectivity index (χ1) is 32.2. The van der Waals surface area contributed by atoms with E-state index in [1.54, 1.807) is 52.9 Å². The molecule has 1 aliphatic heterocycles. The number of methoxy groups -OCH3 is 2. The number of aliphatic carboxylic acids is 1. The fraction of sp³-hybridized carbons (Fsp3) is 0.660. The van der Waals surface area contributed by atoms with Gasteiger partial charge in [-0.15, -0.1) is 0 Å². The third-order valence-corrected chi connectivity index (χ3v) is 16.0. The molecular weight excluding hydrogens is 909 g/mol. The highest BCUT2D eigenvalue weighted by molar-refractivity contribution is 8.76. The molecule has 68 heavy (non-hydrogen) atoms. The Hall–Kier alpha value is -4.39. The number of carbonyl (C=O) groups excluding carboxylic acids is 5. The summed E-state index contributed by atoms with van der Waals surface area (Å²) in [6, 6.07) is 10.6. The molecule has 1 aliphatic rings. The SMILES string of the molecule is CC[C@H](C)[C@@H]([C@@H](CC(=O)N1CCC[C@@H]1[C@H](OC)[C@@H](C)C(=O)N[C@@H](Cc1ccccc1)C(=O)O)OC)N(C)C(=O)[C@@H](NC(=O)[C@H](C(C)C)N(C)C(=O)OC[C@H](SSc1ccccn1)C(C)C)C(C)C. The van der Waals surface area contributed by atoms with E-state index in [-0.39, 0.29) is 60.2 Å². The van der Waals surface area contributed by atoms with E-state index in [1.807, 2.05) is 77.9 Å². The number of carboxylic acid groups (broad SMARTS) is 1. The second-order valence-electron chi connectivity index (χ2n) is 18.9. The van der Waals surface area contributed by atoms with E-state index in [9.17, 15) is 33.9 Å². The van der Waals surface area contributed by atoms with Crippen LogP contribution in [0.25, 0.3) is 0 Å². The van der Waals surface area contributed by atoms with Crippen molar-refractivity contribution in [2.24, 2.45) is 29.6 Å². The van der Waals surface area contributed by atoms with Crippen LogP contribution < -0.4 is 10.6 Å². The maximum atomic E-state index is 14.6. The predicted molar refractivity (Wildman–Crippen MR) is 267 cm³/mol. The van der Waals surface area contributed by atoms with E-state index in [2.05, 4.69) is 29.5 Å². The number of pyridine rings is 1. The first-order valence-corrected chi connectivity index (χ1v) is 26.0. The number of hydrogen-bond acceptors (Lipinski definition) is 12. The molecule has 16 nitrogen and oxygen atoms in total. The minimum absolute atomic E-state index is 0.0411. The number of likely N-dealkylation sites (N-methyl/N-ethyl adjacent to an activating group) is 2. The Kier molecular flexibility index (Phi) is 24.1. The lowest BCUT2D eigenvalue weighted by molar-refractivity contribution is -0.148. The van der Waals surface area contributed by atoms with Gasteiger partial charge in [-0.1, -0.05) is 116 Å². The molecule has 0 radical (unpaired) electrons. The van der Waals surface area contributed by atoms with Crippen molar-refractivity contribution in [2.75, 3.05) is 41.5 Å². The minimum Gasteiger partial charge on any atom is -0.480 e. The molecule has 0 spiro atoms. The largest absolute Gasteiger partial charge is 0.480 e. The first-order valence-electron chi connectivity index (χ1n) is 23.8. The molecule has 1 saturated heterocycles. The Labute approximate surface area is 412 Å². The molecule has 1 fully saturated rings. The number of hydrogen-bond donors (Lipinski definition) is 3. The smallest absolute Gasteiger partial charge is 0.410 e. The first kappa shape index (κ1) is 57.9. The summed E-state index contributed by atoms with van der Waals surface area (Å²) in [6.07, 6.45) is 1.53. The molecule has 0 saturated carbocycles. The second kappa shape index (κ2) is 28.3. The molecule has 0 aliphatic carbocycles. The number of rotatable bonds is 27. The lowest BCUT2D eigenvalue weighted by Crippen LogP contribution is -2.60. The van der Waals surface area contributed by atoms with Gasteiger partial charge < -0.3 is 39.8 Å². The van der Waals surface area contributed by atoms with Gasteiger partial charge in [0.15, 0.2) is 0 Å². The normalized spacial score (nSPS) is 17.9. The quantitative estimate of drug-likeness (QED) is 0.0791. The number of likely N-dealkylation sites (tertiary alicyclic amines) is 1. The van der Waals surface area contributed by atoms with E-state index in [4.69, 9.17) is 14.2 Å². The van der Waals surface area contributed by atoms with E-state index in [1.165, 1.54) is 37.0 Å². The Morgan fingerprint density at radius 1 is 0.853 bits per heavy atom. The second-order valence-corrected chi connectivity index (χ2v) is 21.4. The number of nitrogens with zero attached hydrogens (tertiary/aromatic N) is 4.